The molecule has 5 heteroatoms. The van der Waals surface area contributed by atoms with Gasteiger partial charge in [-0.15, -0.1) is 11.3 Å². The van der Waals surface area contributed by atoms with E-state index in [1.807, 2.05) is 50.2 Å². The van der Waals surface area contributed by atoms with E-state index in [-0.39, 0.29) is 16.5 Å². The molecule has 1 aromatic heterocycles. The minimum atomic E-state index is -0.313. The Balaban J connectivity index is 2.14. The maximum Gasteiger partial charge on any atom is 0.273 e. The van der Waals surface area contributed by atoms with Crippen molar-refractivity contribution in [2.75, 3.05) is 0 Å². The number of rotatable bonds is 3. The lowest BCUT2D eigenvalue weighted by Crippen LogP contribution is -1.97. The third-order valence-electron chi connectivity index (χ3n) is 3.39. The largest absolute Gasteiger partial charge is 0.273 e. The quantitative estimate of drug-likeness (QED) is 0.505. The molecule has 0 unspecified atom stereocenters. The van der Waals surface area contributed by atoms with Gasteiger partial charge in [0.25, 0.3) is 5.69 Å². The molecular formula is C16H14N2O2S. The van der Waals surface area contributed by atoms with Crippen LogP contribution in [0.15, 0.2) is 42.5 Å². The average molecular weight is 298 g/mol. The van der Waals surface area contributed by atoms with Gasteiger partial charge in [-0.25, -0.2) is 4.98 Å². The number of hydrogen-bond acceptors (Lipinski definition) is 4. The highest BCUT2D eigenvalue weighted by Crippen LogP contribution is 2.34. The van der Waals surface area contributed by atoms with Gasteiger partial charge in [-0.05, 0) is 18.1 Å². The van der Waals surface area contributed by atoms with Gasteiger partial charge < -0.3 is 0 Å². The first-order chi connectivity index (χ1) is 10.1. The Bertz CT molecular complexity index is 791. The molecule has 1 heterocycles. The van der Waals surface area contributed by atoms with E-state index in [1.165, 1.54) is 0 Å². The number of nitro benzene ring substituents is 1. The molecule has 21 heavy (non-hydrogen) atoms. The van der Waals surface area contributed by atoms with Gasteiger partial charge in [0.1, 0.15) is 5.01 Å². The van der Waals surface area contributed by atoms with Gasteiger partial charge in [0.2, 0.25) is 0 Å². The van der Waals surface area contributed by atoms with E-state index in [2.05, 4.69) is 4.98 Å². The minimum absolute atomic E-state index is 0.120. The summed E-state index contributed by atoms with van der Waals surface area (Å²) in [6.45, 7) is 3.92. The Hall–Kier alpha value is -2.27. The number of benzene rings is 2. The van der Waals surface area contributed by atoms with E-state index in [4.69, 9.17) is 0 Å². The van der Waals surface area contributed by atoms with E-state index in [9.17, 15) is 10.1 Å². The predicted molar refractivity (Wildman–Crippen MR) is 85.8 cm³/mol. The van der Waals surface area contributed by atoms with E-state index in [1.54, 1.807) is 17.4 Å². The Morgan fingerprint density at radius 2 is 1.95 bits per heavy atom. The summed E-state index contributed by atoms with van der Waals surface area (Å²) in [5, 5.41) is 12.1. The molecule has 0 saturated heterocycles. The fourth-order valence-electron chi connectivity index (χ4n) is 2.32. The fraction of sp³-hybridized carbons (Fsp3) is 0.188. The molecule has 3 rings (SSSR count). The van der Waals surface area contributed by atoms with E-state index >= 15 is 0 Å². The highest BCUT2D eigenvalue weighted by Gasteiger charge is 2.18. The van der Waals surface area contributed by atoms with Crippen molar-refractivity contribution < 1.29 is 4.92 Å². The van der Waals surface area contributed by atoms with Crippen molar-refractivity contribution in [2.45, 2.75) is 19.8 Å². The molecule has 106 valence electrons. The summed E-state index contributed by atoms with van der Waals surface area (Å²) in [6, 6.07) is 13.3. The van der Waals surface area contributed by atoms with Crippen molar-refractivity contribution >= 4 is 27.2 Å². The Kier molecular flexibility index (Phi) is 3.43. The Morgan fingerprint density at radius 3 is 2.62 bits per heavy atom. The molecule has 0 N–H and O–H groups in total. The summed E-state index contributed by atoms with van der Waals surface area (Å²) < 4.78 is 1.09. The minimum Gasteiger partial charge on any atom is -0.258 e. The SMILES string of the molecule is CC(C)c1ccc(-c2nc3ccccc3s2)cc1[N+](=O)[O-]. The molecular weight excluding hydrogens is 284 g/mol. The molecule has 4 nitrogen and oxygen atoms in total. The van der Waals surface area contributed by atoms with Crippen molar-refractivity contribution in [3.8, 4) is 10.6 Å². The van der Waals surface area contributed by atoms with Gasteiger partial charge in [0.15, 0.2) is 0 Å². The lowest BCUT2D eigenvalue weighted by atomic mass is 9.99. The van der Waals surface area contributed by atoms with Crippen molar-refractivity contribution in [2.24, 2.45) is 0 Å². The summed E-state index contributed by atoms with van der Waals surface area (Å²) in [5.41, 5.74) is 2.65. The topological polar surface area (TPSA) is 56.0 Å². The van der Waals surface area contributed by atoms with Crippen molar-refractivity contribution in [3.63, 3.8) is 0 Å². The number of nitrogens with zero attached hydrogens (tertiary/aromatic N) is 2. The first-order valence-corrected chi connectivity index (χ1v) is 7.52. The molecule has 3 aromatic rings. The van der Waals surface area contributed by atoms with Gasteiger partial charge in [-0.2, -0.15) is 0 Å². The second-order valence-corrected chi connectivity index (χ2v) is 6.20. The molecule has 0 atom stereocenters. The maximum atomic E-state index is 11.3. The van der Waals surface area contributed by atoms with Crippen LogP contribution in [0.25, 0.3) is 20.8 Å². The standard InChI is InChI=1S/C16H14N2O2S/c1-10(2)12-8-7-11(9-14(12)18(19)20)16-17-13-5-3-4-6-15(13)21-16/h3-10H,1-2H3. The first kappa shape index (κ1) is 13.7. The lowest BCUT2D eigenvalue weighted by molar-refractivity contribution is -0.385. The van der Waals surface area contributed by atoms with E-state index in [0.29, 0.717) is 0 Å². The molecule has 0 spiro atoms. The molecule has 0 aliphatic heterocycles. The number of aromatic nitrogens is 1. The summed E-state index contributed by atoms with van der Waals surface area (Å²) in [5.74, 6) is 0.120. The van der Waals surface area contributed by atoms with Crippen LogP contribution in [0.3, 0.4) is 0 Å². The molecule has 0 amide bonds. The molecule has 0 saturated carbocycles. The predicted octanol–water partition coefficient (Wildman–Crippen LogP) is 4.99. The van der Waals surface area contributed by atoms with Crippen LogP contribution in [0, 0.1) is 10.1 Å². The zero-order valence-corrected chi connectivity index (χ0v) is 12.6. The van der Waals surface area contributed by atoms with Gasteiger partial charge in [-0.3, -0.25) is 10.1 Å². The number of fused-ring (bicyclic) bond motifs is 1. The molecule has 0 fully saturated rings. The Morgan fingerprint density at radius 1 is 1.19 bits per heavy atom. The fourth-order valence-corrected chi connectivity index (χ4v) is 3.28. The van der Waals surface area contributed by atoms with Crippen LogP contribution >= 0.6 is 11.3 Å². The number of thiazole rings is 1. The van der Waals surface area contributed by atoms with Gasteiger partial charge in [0, 0.05) is 17.2 Å². The first-order valence-electron chi connectivity index (χ1n) is 6.70. The van der Waals surface area contributed by atoms with Crippen LogP contribution in [-0.4, -0.2) is 9.91 Å². The molecule has 2 aromatic carbocycles. The zero-order chi connectivity index (χ0) is 15.0. The molecule has 0 radical (unpaired) electrons. The van der Waals surface area contributed by atoms with Crippen LogP contribution in [0.1, 0.15) is 25.3 Å². The van der Waals surface area contributed by atoms with Crippen LogP contribution < -0.4 is 0 Å². The number of hydrogen-bond donors (Lipinski definition) is 0. The van der Waals surface area contributed by atoms with Gasteiger partial charge >= 0.3 is 0 Å². The third kappa shape index (κ3) is 2.52. The van der Waals surface area contributed by atoms with Crippen molar-refractivity contribution in [1.29, 1.82) is 0 Å². The van der Waals surface area contributed by atoms with Crippen molar-refractivity contribution in [1.82, 2.24) is 4.98 Å². The lowest BCUT2D eigenvalue weighted by Gasteiger charge is -2.07. The second-order valence-electron chi connectivity index (χ2n) is 5.17. The van der Waals surface area contributed by atoms with E-state index < -0.39 is 0 Å². The number of nitro groups is 1. The maximum absolute atomic E-state index is 11.3. The second kappa shape index (κ2) is 5.26. The highest BCUT2D eigenvalue weighted by molar-refractivity contribution is 7.21. The Labute approximate surface area is 126 Å². The van der Waals surface area contributed by atoms with Crippen LogP contribution in [0.5, 0.6) is 0 Å². The summed E-state index contributed by atoms with van der Waals surface area (Å²) >= 11 is 1.55. The van der Waals surface area contributed by atoms with Gasteiger partial charge in [-0.1, -0.05) is 38.1 Å². The van der Waals surface area contributed by atoms with Crippen molar-refractivity contribution in [3.05, 3.63) is 58.1 Å². The molecule has 0 aliphatic rings. The average Bonchev–Trinajstić information content (AvgIpc) is 2.90. The van der Waals surface area contributed by atoms with Gasteiger partial charge in [0.05, 0.1) is 15.1 Å². The molecule has 0 bridgehead atoms. The molecule has 0 aliphatic carbocycles. The van der Waals surface area contributed by atoms with Crippen LogP contribution in [0.4, 0.5) is 5.69 Å². The van der Waals surface area contributed by atoms with Crippen LogP contribution in [0.2, 0.25) is 0 Å². The van der Waals surface area contributed by atoms with Crippen LogP contribution in [-0.2, 0) is 0 Å². The number of para-hydroxylation sites is 1. The smallest absolute Gasteiger partial charge is 0.258 e. The summed E-state index contributed by atoms with van der Waals surface area (Å²) in [7, 11) is 0. The summed E-state index contributed by atoms with van der Waals surface area (Å²) in [6.07, 6.45) is 0. The highest BCUT2D eigenvalue weighted by atomic mass is 32.1. The normalized spacial score (nSPS) is 11.2. The third-order valence-corrected chi connectivity index (χ3v) is 4.48. The zero-order valence-electron chi connectivity index (χ0n) is 11.7. The van der Waals surface area contributed by atoms with E-state index in [0.717, 1.165) is 26.4 Å². The summed E-state index contributed by atoms with van der Waals surface area (Å²) in [4.78, 5) is 15.5. The monoisotopic (exact) mass is 298 g/mol.